The van der Waals surface area contributed by atoms with Crippen LogP contribution in [0.1, 0.15) is 48.0 Å². The number of nitrogens with one attached hydrogen (secondary N) is 3. The third-order valence-corrected chi connectivity index (χ3v) is 3.72. The van der Waals surface area contributed by atoms with E-state index in [1.165, 1.54) is 10.8 Å². The van der Waals surface area contributed by atoms with Crippen molar-refractivity contribution in [3.8, 4) is 0 Å². The van der Waals surface area contributed by atoms with Crippen molar-refractivity contribution in [1.82, 2.24) is 30.0 Å². The molecule has 1 unspecified atom stereocenters. The van der Waals surface area contributed by atoms with Crippen LogP contribution in [0, 0.1) is 5.92 Å². The molecule has 9 nitrogen and oxygen atoms in total. The third kappa shape index (κ3) is 2.80. The van der Waals surface area contributed by atoms with Gasteiger partial charge in [0.15, 0.2) is 5.82 Å². The monoisotopic (exact) mass is 306 g/mol. The molecule has 9 heteroatoms. The van der Waals surface area contributed by atoms with Crippen LogP contribution in [0.15, 0.2) is 11.0 Å². The van der Waals surface area contributed by atoms with E-state index >= 15 is 0 Å². The molecule has 2 heterocycles. The second-order valence-electron chi connectivity index (χ2n) is 5.33. The number of aliphatic hydroxyl groups is 1. The van der Waals surface area contributed by atoms with Crippen molar-refractivity contribution in [2.24, 2.45) is 5.92 Å². The van der Waals surface area contributed by atoms with E-state index in [-0.39, 0.29) is 29.8 Å². The molecule has 0 saturated heterocycles. The van der Waals surface area contributed by atoms with E-state index in [9.17, 15) is 14.7 Å². The smallest absolute Gasteiger partial charge is 0.326 e. The lowest BCUT2D eigenvalue weighted by molar-refractivity contribution is 0.0940. The summed E-state index contributed by atoms with van der Waals surface area (Å²) in [6, 6.07) is 0. The fourth-order valence-corrected chi connectivity index (χ4v) is 2.30. The van der Waals surface area contributed by atoms with Crippen LogP contribution in [0.3, 0.4) is 0 Å². The van der Waals surface area contributed by atoms with Gasteiger partial charge in [-0.05, 0) is 25.7 Å². The number of carbonyl (C=O) groups is 1. The van der Waals surface area contributed by atoms with E-state index in [1.807, 2.05) is 0 Å². The van der Waals surface area contributed by atoms with Gasteiger partial charge in [-0.2, -0.15) is 5.10 Å². The number of rotatable bonds is 6. The Morgan fingerprint density at radius 3 is 3.05 bits per heavy atom. The van der Waals surface area contributed by atoms with E-state index in [0.29, 0.717) is 18.2 Å². The molecule has 0 bridgehead atoms. The summed E-state index contributed by atoms with van der Waals surface area (Å²) in [5.41, 5.74) is -0.0487. The van der Waals surface area contributed by atoms with E-state index in [0.717, 1.165) is 12.8 Å². The Hall–Kier alpha value is -2.42. The molecule has 2 aromatic heterocycles. The Bertz CT molecular complexity index is 726. The van der Waals surface area contributed by atoms with Gasteiger partial charge in [-0.3, -0.25) is 14.5 Å². The zero-order valence-electron chi connectivity index (χ0n) is 12.2. The molecule has 4 N–H and O–H groups in total. The van der Waals surface area contributed by atoms with Crippen molar-refractivity contribution in [3.63, 3.8) is 0 Å². The number of imidazole rings is 1. The van der Waals surface area contributed by atoms with E-state index in [1.54, 1.807) is 6.92 Å². The van der Waals surface area contributed by atoms with Gasteiger partial charge in [0.1, 0.15) is 17.6 Å². The van der Waals surface area contributed by atoms with Crippen molar-refractivity contribution < 1.29 is 9.90 Å². The number of H-pyrrole nitrogens is 2. The average molecular weight is 306 g/mol. The lowest BCUT2D eigenvalue weighted by Gasteiger charge is -2.05. The Morgan fingerprint density at radius 1 is 1.59 bits per heavy atom. The normalized spacial score (nSPS) is 15.7. The number of hydrogen-bond donors (Lipinski definition) is 4. The highest BCUT2D eigenvalue weighted by molar-refractivity contribution is 5.92. The van der Waals surface area contributed by atoms with Gasteiger partial charge in [-0.25, -0.2) is 9.78 Å². The Morgan fingerprint density at radius 2 is 2.36 bits per heavy atom. The maximum atomic E-state index is 12.1. The number of aromatic amines is 2. The topological polar surface area (TPSA) is 129 Å². The minimum absolute atomic E-state index is 0.145. The second kappa shape index (κ2) is 5.76. The van der Waals surface area contributed by atoms with E-state index in [4.69, 9.17) is 0 Å². The van der Waals surface area contributed by atoms with Gasteiger partial charge in [0.2, 0.25) is 0 Å². The number of nitrogens with zero attached hydrogens (tertiary/aromatic N) is 3. The predicted molar refractivity (Wildman–Crippen MR) is 76.0 cm³/mol. The average Bonchev–Trinajstić information content (AvgIpc) is 3.14. The van der Waals surface area contributed by atoms with Gasteiger partial charge in [0.05, 0.1) is 6.54 Å². The van der Waals surface area contributed by atoms with Crippen LogP contribution in [-0.4, -0.2) is 35.7 Å². The molecule has 22 heavy (non-hydrogen) atoms. The molecule has 118 valence electrons. The summed E-state index contributed by atoms with van der Waals surface area (Å²) in [5, 5.41) is 19.3. The lowest BCUT2D eigenvalue weighted by atomic mass is 10.2. The molecule has 1 aliphatic carbocycles. The van der Waals surface area contributed by atoms with Crippen molar-refractivity contribution in [3.05, 3.63) is 34.0 Å². The van der Waals surface area contributed by atoms with E-state index in [2.05, 4.69) is 25.5 Å². The quantitative estimate of drug-likeness (QED) is 0.582. The second-order valence-corrected chi connectivity index (χ2v) is 5.33. The number of hydrogen-bond acceptors (Lipinski definition) is 5. The molecule has 0 aromatic carbocycles. The summed E-state index contributed by atoms with van der Waals surface area (Å²) in [6.45, 7) is 2.34. The van der Waals surface area contributed by atoms with Gasteiger partial charge >= 0.3 is 5.69 Å². The van der Waals surface area contributed by atoms with Crippen LogP contribution < -0.4 is 11.0 Å². The van der Waals surface area contributed by atoms with Crippen LogP contribution in [0.25, 0.3) is 0 Å². The highest BCUT2D eigenvalue weighted by atomic mass is 16.3. The molecular weight excluding hydrogens is 288 g/mol. The van der Waals surface area contributed by atoms with Gasteiger partial charge in [0.25, 0.3) is 5.91 Å². The lowest BCUT2D eigenvalue weighted by Crippen LogP contribution is -2.28. The Kier molecular flexibility index (Phi) is 3.80. The Labute approximate surface area is 125 Å². The first-order chi connectivity index (χ1) is 10.6. The maximum Gasteiger partial charge on any atom is 0.326 e. The van der Waals surface area contributed by atoms with Crippen LogP contribution in [0.2, 0.25) is 0 Å². The maximum absolute atomic E-state index is 12.1. The summed E-state index contributed by atoms with van der Waals surface area (Å²) >= 11 is 0. The summed E-state index contributed by atoms with van der Waals surface area (Å²) in [4.78, 5) is 30.2. The summed E-state index contributed by atoms with van der Waals surface area (Å²) in [7, 11) is 0. The molecule has 0 aliphatic heterocycles. The van der Waals surface area contributed by atoms with Crippen LogP contribution in [0.5, 0.6) is 0 Å². The van der Waals surface area contributed by atoms with Gasteiger partial charge < -0.3 is 15.4 Å². The van der Waals surface area contributed by atoms with Gasteiger partial charge in [0, 0.05) is 12.7 Å². The Balaban J connectivity index is 1.62. The fourth-order valence-electron chi connectivity index (χ4n) is 2.30. The van der Waals surface area contributed by atoms with Crippen LogP contribution in [-0.2, 0) is 13.1 Å². The van der Waals surface area contributed by atoms with Gasteiger partial charge in [-0.1, -0.05) is 0 Å². The number of aromatic nitrogens is 5. The number of amides is 1. The minimum Gasteiger partial charge on any atom is -0.385 e. The largest absolute Gasteiger partial charge is 0.385 e. The highest BCUT2D eigenvalue weighted by Gasteiger charge is 2.33. The molecule has 1 fully saturated rings. The highest BCUT2D eigenvalue weighted by Crippen LogP contribution is 2.39. The minimum atomic E-state index is -0.643. The molecule has 2 aromatic rings. The van der Waals surface area contributed by atoms with Crippen molar-refractivity contribution in [1.29, 1.82) is 0 Å². The fraction of sp³-hybridized carbons (Fsp3) is 0.538. The summed E-state index contributed by atoms with van der Waals surface area (Å²) in [6.07, 6.45) is 2.72. The van der Waals surface area contributed by atoms with Crippen molar-refractivity contribution >= 4 is 5.91 Å². The van der Waals surface area contributed by atoms with Crippen molar-refractivity contribution in [2.75, 3.05) is 0 Å². The van der Waals surface area contributed by atoms with Gasteiger partial charge in [-0.15, -0.1) is 0 Å². The first-order valence-corrected chi connectivity index (χ1v) is 7.25. The number of carbonyl (C=O) groups excluding carboxylic acids is 1. The summed E-state index contributed by atoms with van der Waals surface area (Å²) in [5.74, 6) is 0.695. The van der Waals surface area contributed by atoms with Crippen LogP contribution in [0.4, 0.5) is 0 Å². The summed E-state index contributed by atoms with van der Waals surface area (Å²) < 4.78 is 1.35. The molecule has 1 atom stereocenters. The first kappa shape index (κ1) is 14.5. The zero-order chi connectivity index (χ0) is 15.7. The number of aliphatic hydroxyl groups excluding tert-OH is 1. The molecular formula is C13H18N6O3. The molecule has 0 spiro atoms. The molecule has 1 saturated carbocycles. The standard InChI is InChI=1S/C13H18N6O3/c1-2-19-8(5-15-13(19)22)12(21)14-6-9-16-11(18-17-9)10(20)7-3-4-7/h5,7,10,20H,2-4,6H2,1H3,(H,14,21)(H,15,22)(H,16,17,18). The molecule has 0 radical (unpaired) electrons. The van der Waals surface area contributed by atoms with Crippen LogP contribution >= 0.6 is 0 Å². The molecule has 1 amide bonds. The zero-order valence-corrected chi connectivity index (χ0v) is 12.2. The molecule has 1 aliphatic rings. The van der Waals surface area contributed by atoms with E-state index < -0.39 is 6.10 Å². The third-order valence-electron chi connectivity index (χ3n) is 3.72. The predicted octanol–water partition coefficient (Wildman–Crippen LogP) is -0.312. The first-order valence-electron chi connectivity index (χ1n) is 7.25. The SMILES string of the molecule is CCn1c(C(=O)NCc2nc(C(O)C3CC3)n[nH]2)c[nH]c1=O. The molecule has 3 rings (SSSR count). The van der Waals surface area contributed by atoms with Crippen molar-refractivity contribution in [2.45, 2.75) is 39.0 Å².